The van der Waals surface area contributed by atoms with Crippen molar-refractivity contribution in [1.82, 2.24) is 4.90 Å². The summed E-state index contributed by atoms with van der Waals surface area (Å²) in [6.45, 7) is 0. The van der Waals surface area contributed by atoms with Gasteiger partial charge in [-0.3, -0.25) is 4.79 Å². The highest BCUT2D eigenvalue weighted by atomic mass is 16.5. The van der Waals surface area contributed by atoms with Crippen LogP contribution in [0.5, 0.6) is 5.75 Å². The van der Waals surface area contributed by atoms with Gasteiger partial charge >= 0.3 is 12.1 Å². The predicted molar refractivity (Wildman–Crippen MR) is 82.5 cm³/mol. The molecule has 0 radical (unpaired) electrons. The fourth-order valence-corrected chi connectivity index (χ4v) is 4.15. The van der Waals surface area contributed by atoms with E-state index in [2.05, 4.69) is 0 Å². The lowest BCUT2D eigenvalue weighted by atomic mass is 9.76. The van der Waals surface area contributed by atoms with Gasteiger partial charge in [0.1, 0.15) is 5.75 Å². The fraction of sp³-hybridized carbons (Fsp3) is 0.529. The van der Waals surface area contributed by atoms with E-state index >= 15 is 0 Å². The maximum Gasteiger partial charge on any atom is 0.407 e. The standard InChI is InChI=1S/C17H21NO5/c1-22-12-6-3-10(4-7-12)13-9-11-5-8-14(18(11)17(20)21)15(13)16(19)23-2/h3-4,6-7,11,13-15H,5,8-9H2,1-2H3,(H,20,21). The number of carbonyl (C=O) groups is 2. The number of fused-ring (bicyclic) bond motifs is 2. The molecule has 3 rings (SSSR count). The summed E-state index contributed by atoms with van der Waals surface area (Å²) in [7, 11) is 2.97. The molecular weight excluding hydrogens is 298 g/mol. The third-order valence-corrected chi connectivity index (χ3v) is 5.16. The summed E-state index contributed by atoms with van der Waals surface area (Å²) in [6, 6.07) is 7.32. The van der Waals surface area contributed by atoms with Gasteiger partial charge in [0.25, 0.3) is 0 Å². The minimum Gasteiger partial charge on any atom is -0.497 e. The number of carbonyl (C=O) groups excluding carboxylic acids is 1. The molecule has 1 N–H and O–H groups in total. The quantitative estimate of drug-likeness (QED) is 0.866. The summed E-state index contributed by atoms with van der Waals surface area (Å²) >= 11 is 0. The molecule has 0 aliphatic carbocycles. The largest absolute Gasteiger partial charge is 0.497 e. The van der Waals surface area contributed by atoms with Gasteiger partial charge in [-0.1, -0.05) is 12.1 Å². The fourth-order valence-electron chi connectivity index (χ4n) is 4.15. The summed E-state index contributed by atoms with van der Waals surface area (Å²) in [5.41, 5.74) is 1.03. The van der Waals surface area contributed by atoms with Crippen LogP contribution >= 0.6 is 0 Å². The minimum atomic E-state index is -0.945. The molecule has 4 unspecified atom stereocenters. The van der Waals surface area contributed by atoms with Crippen molar-refractivity contribution in [3.63, 3.8) is 0 Å². The number of methoxy groups -OCH3 is 2. The van der Waals surface area contributed by atoms with Crippen LogP contribution in [-0.2, 0) is 9.53 Å². The molecule has 2 aliphatic rings. The number of carboxylic acid groups (broad SMARTS) is 1. The molecule has 6 nitrogen and oxygen atoms in total. The molecule has 4 atom stereocenters. The molecule has 1 amide bonds. The van der Waals surface area contributed by atoms with Crippen molar-refractivity contribution >= 4 is 12.1 Å². The third-order valence-electron chi connectivity index (χ3n) is 5.16. The second-order valence-electron chi connectivity index (χ2n) is 6.15. The topological polar surface area (TPSA) is 76.1 Å². The molecule has 0 spiro atoms. The second kappa shape index (κ2) is 6.10. The Morgan fingerprint density at radius 1 is 1.17 bits per heavy atom. The lowest BCUT2D eigenvalue weighted by molar-refractivity contribution is -0.150. The van der Waals surface area contributed by atoms with Gasteiger partial charge in [-0.25, -0.2) is 4.79 Å². The van der Waals surface area contributed by atoms with E-state index in [0.29, 0.717) is 12.8 Å². The van der Waals surface area contributed by atoms with Gasteiger partial charge in [0.15, 0.2) is 0 Å². The molecule has 6 heteroatoms. The van der Waals surface area contributed by atoms with Crippen molar-refractivity contribution < 1.29 is 24.2 Å². The Morgan fingerprint density at radius 2 is 1.87 bits per heavy atom. The maximum absolute atomic E-state index is 12.4. The Morgan fingerprint density at radius 3 is 2.43 bits per heavy atom. The molecule has 2 heterocycles. The van der Waals surface area contributed by atoms with Gasteiger partial charge < -0.3 is 19.5 Å². The smallest absolute Gasteiger partial charge is 0.407 e. The number of esters is 1. The molecule has 1 aromatic rings. The molecular formula is C17H21NO5. The summed E-state index contributed by atoms with van der Waals surface area (Å²) < 4.78 is 10.2. The van der Waals surface area contributed by atoms with E-state index in [0.717, 1.165) is 17.7 Å². The Bertz CT molecular complexity index is 600. The zero-order chi connectivity index (χ0) is 16.6. The number of rotatable bonds is 3. The minimum absolute atomic E-state index is 0.0227. The van der Waals surface area contributed by atoms with Gasteiger partial charge in [0.2, 0.25) is 0 Å². The molecule has 0 saturated carbocycles. The van der Waals surface area contributed by atoms with Crippen LogP contribution in [0.2, 0.25) is 0 Å². The highest BCUT2D eigenvalue weighted by Crippen LogP contribution is 2.47. The number of hydrogen-bond donors (Lipinski definition) is 1. The van der Waals surface area contributed by atoms with Gasteiger partial charge in [-0.05, 0) is 37.0 Å². The van der Waals surface area contributed by atoms with Crippen LogP contribution in [0.25, 0.3) is 0 Å². The van der Waals surface area contributed by atoms with E-state index in [9.17, 15) is 14.7 Å². The number of benzene rings is 1. The Balaban J connectivity index is 1.95. The lowest BCUT2D eigenvalue weighted by Gasteiger charge is -2.42. The van der Waals surface area contributed by atoms with Crippen LogP contribution in [-0.4, -0.2) is 48.4 Å². The average Bonchev–Trinajstić information content (AvgIpc) is 2.88. The SMILES string of the molecule is COC(=O)C1C(c2ccc(OC)cc2)CC2CCC1N2C(=O)O. The molecule has 2 bridgehead atoms. The van der Waals surface area contributed by atoms with Crippen LogP contribution in [0, 0.1) is 5.92 Å². The zero-order valence-corrected chi connectivity index (χ0v) is 13.3. The molecule has 1 aromatic carbocycles. The second-order valence-corrected chi connectivity index (χ2v) is 6.15. The molecule has 2 aliphatic heterocycles. The first-order chi connectivity index (χ1) is 11.1. The van der Waals surface area contributed by atoms with Crippen molar-refractivity contribution in [2.75, 3.05) is 14.2 Å². The first kappa shape index (κ1) is 15.6. The highest BCUT2D eigenvalue weighted by molar-refractivity contribution is 5.77. The van der Waals surface area contributed by atoms with Crippen LogP contribution in [0.4, 0.5) is 4.79 Å². The first-order valence-electron chi connectivity index (χ1n) is 7.79. The van der Waals surface area contributed by atoms with Crippen molar-refractivity contribution in [3.8, 4) is 5.75 Å². The Kier molecular flexibility index (Phi) is 4.15. The van der Waals surface area contributed by atoms with E-state index in [1.807, 2.05) is 24.3 Å². The van der Waals surface area contributed by atoms with E-state index in [1.54, 1.807) is 7.11 Å². The Hall–Kier alpha value is -2.24. The average molecular weight is 319 g/mol. The van der Waals surface area contributed by atoms with E-state index in [-0.39, 0.29) is 24.0 Å². The summed E-state index contributed by atoms with van der Waals surface area (Å²) in [5, 5.41) is 9.47. The van der Waals surface area contributed by atoms with E-state index in [1.165, 1.54) is 12.0 Å². The van der Waals surface area contributed by atoms with Crippen LogP contribution in [0.3, 0.4) is 0 Å². The maximum atomic E-state index is 12.4. The molecule has 2 fully saturated rings. The van der Waals surface area contributed by atoms with Gasteiger partial charge in [-0.15, -0.1) is 0 Å². The molecule has 2 saturated heterocycles. The first-order valence-corrected chi connectivity index (χ1v) is 7.79. The number of ether oxygens (including phenoxy) is 2. The van der Waals surface area contributed by atoms with Gasteiger partial charge in [0, 0.05) is 18.0 Å². The number of nitrogens with zero attached hydrogens (tertiary/aromatic N) is 1. The lowest BCUT2D eigenvalue weighted by Crippen LogP contribution is -2.52. The van der Waals surface area contributed by atoms with Crippen molar-refractivity contribution in [3.05, 3.63) is 29.8 Å². The third kappa shape index (κ3) is 2.62. The number of amides is 1. The van der Waals surface area contributed by atoms with Gasteiger partial charge in [0.05, 0.1) is 20.1 Å². The monoisotopic (exact) mass is 319 g/mol. The van der Waals surface area contributed by atoms with E-state index < -0.39 is 12.0 Å². The van der Waals surface area contributed by atoms with Crippen LogP contribution in [0.15, 0.2) is 24.3 Å². The number of hydrogen-bond acceptors (Lipinski definition) is 4. The van der Waals surface area contributed by atoms with Crippen LogP contribution < -0.4 is 4.74 Å². The zero-order valence-electron chi connectivity index (χ0n) is 13.3. The van der Waals surface area contributed by atoms with Gasteiger partial charge in [-0.2, -0.15) is 0 Å². The van der Waals surface area contributed by atoms with E-state index in [4.69, 9.17) is 9.47 Å². The molecule has 23 heavy (non-hydrogen) atoms. The normalized spacial score (nSPS) is 29.2. The highest BCUT2D eigenvalue weighted by Gasteiger charge is 2.52. The molecule has 124 valence electrons. The number of piperidine rings is 1. The summed E-state index contributed by atoms with van der Waals surface area (Å²) in [6.07, 6.45) is 1.22. The summed E-state index contributed by atoms with van der Waals surface area (Å²) in [4.78, 5) is 25.4. The predicted octanol–water partition coefficient (Wildman–Crippen LogP) is 2.48. The van der Waals surface area contributed by atoms with Crippen molar-refractivity contribution in [2.24, 2.45) is 5.92 Å². The summed E-state index contributed by atoms with van der Waals surface area (Å²) in [5.74, 6) is -0.0542. The molecule has 0 aromatic heterocycles. The van der Waals surface area contributed by atoms with Crippen molar-refractivity contribution in [1.29, 1.82) is 0 Å². The Labute approximate surface area is 135 Å². The van der Waals surface area contributed by atoms with Crippen LogP contribution in [0.1, 0.15) is 30.7 Å². The van der Waals surface area contributed by atoms with Crippen molar-refractivity contribution in [2.45, 2.75) is 37.3 Å².